The second kappa shape index (κ2) is 14.2. The molecule has 0 aliphatic carbocycles. The topological polar surface area (TPSA) is 148 Å². The summed E-state index contributed by atoms with van der Waals surface area (Å²) in [6.07, 6.45) is 0.524. The van der Waals surface area contributed by atoms with Gasteiger partial charge in [-0.05, 0) is 60.9 Å². The summed E-state index contributed by atoms with van der Waals surface area (Å²) in [5.41, 5.74) is 2.28. The van der Waals surface area contributed by atoms with Gasteiger partial charge >= 0.3 is 12.1 Å². The van der Waals surface area contributed by atoms with Gasteiger partial charge in [0, 0.05) is 30.8 Å². The number of hydrogen-bond acceptors (Lipinski definition) is 9. The van der Waals surface area contributed by atoms with E-state index in [-0.39, 0.29) is 18.1 Å². The van der Waals surface area contributed by atoms with Gasteiger partial charge in [-0.3, -0.25) is 19.7 Å². The second-order valence-electron chi connectivity index (χ2n) is 13.1. The number of carbonyl (C=O) groups is 4. The van der Waals surface area contributed by atoms with E-state index in [0.29, 0.717) is 24.1 Å². The third-order valence-corrected chi connectivity index (χ3v) is 9.61. The van der Waals surface area contributed by atoms with Gasteiger partial charge in [-0.1, -0.05) is 72.8 Å². The molecule has 3 aromatic rings. The number of nitrogens with one attached hydrogen (secondary N) is 1. The van der Waals surface area contributed by atoms with Gasteiger partial charge in [0.15, 0.2) is 12.1 Å². The number of ether oxygens (including phenoxy) is 2. The number of rotatable bonds is 9. The molecule has 0 spiro atoms. The maximum atomic E-state index is 14.3. The molecule has 0 saturated carbocycles. The Labute approximate surface area is 293 Å². The van der Waals surface area contributed by atoms with Crippen molar-refractivity contribution in [3.8, 4) is 0 Å². The summed E-state index contributed by atoms with van der Waals surface area (Å²) < 4.78 is 11.6. The predicted octanol–water partition coefficient (Wildman–Crippen LogP) is 5.65. The molecule has 3 atom stereocenters. The molecule has 50 heavy (non-hydrogen) atoms. The van der Waals surface area contributed by atoms with E-state index in [1.807, 2.05) is 60.7 Å². The second-order valence-corrected chi connectivity index (χ2v) is 14.1. The largest absolute Gasteiger partial charge is 0.451 e. The minimum atomic E-state index is -1.19. The van der Waals surface area contributed by atoms with Crippen LogP contribution in [0.15, 0.2) is 108 Å². The monoisotopic (exact) mass is 696 g/mol. The van der Waals surface area contributed by atoms with Crippen LogP contribution >= 0.6 is 11.8 Å². The van der Waals surface area contributed by atoms with Crippen LogP contribution in [0.25, 0.3) is 0 Å². The highest BCUT2D eigenvalue weighted by molar-refractivity contribution is 8.03. The number of esters is 1. The quantitative estimate of drug-likeness (QED) is 0.0986. The molecule has 2 saturated heterocycles. The highest BCUT2D eigenvalue weighted by Gasteiger charge is 2.56. The third-order valence-electron chi connectivity index (χ3n) is 8.43. The molecule has 3 amide bonds. The smallest absolute Gasteiger partial charge is 0.408 e. The maximum absolute atomic E-state index is 14.3. The molecule has 3 aliphatic rings. The fourth-order valence-electron chi connectivity index (χ4n) is 6.07. The average Bonchev–Trinajstić information content (AvgIpc) is 3.43. The van der Waals surface area contributed by atoms with Crippen molar-refractivity contribution in [1.82, 2.24) is 15.1 Å². The lowest BCUT2D eigenvalue weighted by atomic mass is 9.95. The third kappa shape index (κ3) is 7.42. The van der Waals surface area contributed by atoms with Crippen molar-refractivity contribution in [2.75, 3.05) is 6.54 Å². The summed E-state index contributed by atoms with van der Waals surface area (Å²) in [7, 11) is 0. The number of fused-ring (bicyclic) bond motifs is 1. The molecule has 2 fully saturated rings. The van der Waals surface area contributed by atoms with Gasteiger partial charge in [0.25, 0.3) is 5.69 Å². The molecule has 0 radical (unpaired) electrons. The van der Waals surface area contributed by atoms with Gasteiger partial charge in [-0.15, -0.1) is 11.8 Å². The fraction of sp³-hybridized carbons (Fsp3) is 0.297. The summed E-state index contributed by atoms with van der Waals surface area (Å²) in [5.74, 6) is -1.41. The minimum Gasteiger partial charge on any atom is -0.451 e. The van der Waals surface area contributed by atoms with Crippen molar-refractivity contribution in [3.05, 3.63) is 134 Å². The molecule has 13 heteroatoms. The number of nitrogens with zero attached hydrogens (tertiary/aromatic N) is 3. The highest BCUT2D eigenvalue weighted by atomic mass is 32.2. The van der Waals surface area contributed by atoms with Gasteiger partial charge in [-0.25, -0.2) is 9.59 Å². The van der Waals surface area contributed by atoms with E-state index >= 15 is 0 Å². The van der Waals surface area contributed by atoms with Crippen LogP contribution in [-0.2, 0) is 30.4 Å². The van der Waals surface area contributed by atoms with Crippen molar-refractivity contribution in [2.45, 2.75) is 62.9 Å². The van der Waals surface area contributed by atoms with Crippen LogP contribution in [0.1, 0.15) is 50.0 Å². The van der Waals surface area contributed by atoms with E-state index in [2.05, 4.69) is 5.32 Å². The number of nitro groups is 1. The average molecular weight is 697 g/mol. The number of likely N-dealkylation sites (tertiary alicyclic amines) is 1. The van der Waals surface area contributed by atoms with Gasteiger partial charge in [-0.2, -0.15) is 0 Å². The van der Waals surface area contributed by atoms with Crippen LogP contribution in [0, 0.1) is 10.1 Å². The summed E-state index contributed by atoms with van der Waals surface area (Å²) in [6, 6.07) is 22.5. The number of nitro benzene ring substituents is 1. The normalized spacial score (nSPS) is 21.0. The number of benzene rings is 3. The lowest BCUT2D eigenvalue weighted by molar-refractivity contribution is -0.384. The lowest BCUT2D eigenvalue weighted by Gasteiger charge is -2.51. The highest BCUT2D eigenvalue weighted by Crippen LogP contribution is 2.42. The first-order chi connectivity index (χ1) is 23.9. The zero-order chi connectivity index (χ0) is 35.6. The molecule has 0 unspecified atom stereocenters. The Morgan fingerprint density at radius 1 is 1.00 bits per heavy atom. The van der Waals surface area contributed by atoms with E-state index in [4.69, 9.17) is 9.47 Å². The zero-order valence-electron chi connectivity index (χ0n) is 27.7. The predicted molar refractivity (Wildman–Crippen MR) is 185 cm³/mol. The SMILES string of the molecule is CC(C)(C)OC(=O)N[C@@H]1C(=O)N2[C@@H](C(=O)OC(c3ccccc3)c3ccccc3)C(/C=C3\CCN(Cc4ccc([N+](=O)[O-])cc4)C3=O)=CS[C@H]12. The Hall–Kier alpha value is -5.43. The van der Waals surface area contributed by atoms with E-state index in [0.717, 1.165) is 16.7 Å². The Morgan fingerprint density at radius 2 is 1.62 bits per heavy atom. The van der Waals surface area contributed by atoms with Crippen LogP contribution in [0.3, 0.4) is 0 Å². The van der Waals surface area contributed by atoms with Crippen molar-refractivity contribution in [2.24, 2.45) is 0 Å². The Balaban J connectivity index is 1.28. The van der Waals surface area contributed by atoms with Crippen LogP contribution in [0.5, 0.6) is 0 Å². The van der Waals surface area contributed by atoms with Crippen molar-refractivity contribution in [3.63, 3.8) is 0 Å². The Kier molecular flexibility index (Phi) is 9.78. The lowest BCUT2D eigenvalue weighted by Crippen LogP contribution is -2.74. The van der Waals surface area contributed by atoms with Gasteiger partial charge in [0.05, 0.1) is 4.92 Å². The van der Waals surface area contributed by atoms with E-state index in [1.165, 1.54) is 28.8 Å². The molecule has 12 nitrogen and oxygen atoms in total. The van der Waals surface area contributed by atoms with Crippen LogP contribution < -0.4 is 5.32 Å². The number of alkyl carbamates (subject to hydrolysis) is 1. The molecular formula is C37H36N4O8S. The number of non-ortho nitro benzene ring substituents is 1. The molecule has 1 N–H and O–H groups in total. The Morgan fingerprint density at radius 3 is 2.20 bits per heavy atom. The molecule has 3 aromatic carbocycles. The number of thioether (sulfide) groups is 1. The van der Waals surface area contributed by atoms with Crippen LogP contribution in [0.4, 0.5) is 10.5 Å². The van der Waals surface area contributed by atoms with E-state index < -0.39 is 52.1 Å². The molecule has 0 bridgehead atoms. The summed E-state index contributed by atoms with van der Waals surface area (Å²) in [4.78, 5) is 67.7. The number of amides is 3. The first-order valence-electron chi connectivity index (χ1n) is 16.1. The number of carbonyl (C=O) groups excluding carboxylic acids is 4. The first-order valence-corrected chi connectivity index (χ1v) is 17.0. The van der Waals surface area contributed by atoms with Crippen molar-refractivity contribution >= 4 is 41.3 Å². The van der Waals surface area contributed by atoms with Crippen molar-refractivity contribution in [1.29, 1.82) is 0 Å². The molecule has 0 aromatic heterocycles. The van der Waals surface area contributed by atoms with E-state index in [9.17, 15) is 29.3 Å². The maximum Gasteiger partial charge on any atom is 0.408 e. The van der Waals surface area contributed by atoms with E-state index in [1.54, 1.807) is 49.3 Å². The van der Waals surface area contributed by atoms with Gasteiger partial charge < -0.3 is 24.6 Å². The molecule has 6 rings (SSSR count). The first kappa shape index (κ1) is 34.4. The van der Waals surface area contributed by atoms with Crippen molar-refractivity contribution < 1.29 is 33.6 Å². The van der Waals surface area contributed by atoms with Crippen LogP contribution in [-0.4, -0.2) is 68.2 Å². The molecule has 3 aliphatic heterocycles. The standard InChI is InChI=1S/C37H36N4O8S/c1-37(2,3)49-36(45)38-29-33(43)40-30(35(44)48-31(24-10-6-4-7-11-24)25-12-8-5-9-13-25)27(22-50-34(29)40)20-26-18-19-39(32(26)42)21-23-14-16-28(17-15-23)41(46)47/h4-17,20,22,29-31,34H,18-19,21H2,1-3H3,(H,38,45)/b26-20+/t29-,30-,34-/m1/s1. The summed E-state index contributed by atoms with van der Waals surface area (Å²) >= 11 is 1.26. The molecule has 258 valence electrons. The molecule has 3 heterocycles. The number of β-lactam (4-membered cyclic amide) rings is 1. The van der Waals surface area contributed by atoms with Crippen LogP contribution in [0.2, 0.25) is 0 Å². The zero-order valence-corrected chi connectivity index (χ0v) is 28.5. The summed E-state index contributed by atoms with van der Waals surface area (Å²) in [6.45, 7) is 5.83. The Bertz CT molecular complexity index is 1820. The fourth-order valence-corrected chi connectivity index (χ4v) is 7.26. The minimum absolute atomic E-state index is 0.0362. The van der Waals surface area contributed by atoms with Gasteiger partial charge in [0.1, 0.15) is 17.0 Å². The van der Waals surface area contributed by atoms with Gasteiger partial charge in [0.2, 0.25) is 11.8 Å². The number of hydrogen-bond donors (Lipinski definition) is 1. The summed E-state index contributed by atoms with van der Waals surface area (Å²) in [5, 5.41) is 14.8. The molecular weight excluding hydrogens is 660 g/mol.